The lowest BCUT2D eigenvalue weighted by atomic mass is 9.77. The molecule has 4 nitrogen and oxygen atoms in total. The Balaban J connectivity index is 1.72. The molecule has 1 amide bonds. The first-order valence-electron chi connectivity index (χ1n) is 7.86. The summed E-state index contributed by atoms with van der Waals surface area (Å²) in [7, 11) is 1.60. The Morgan fingerprint density at radius 3 is 2.48 bits per heavy atom. The van der Waals surface area contributed by atoms with E-state index in [1.807, 2.05) is 4.90 Å². The number of nitrogens with two attached hydrogens (primary N) is 1. The fourth-order valence-corrected chi connectivity index (χ4v) is 3.83. The fraction of sp³-hybridized carbons (Fsp3) is 0.588. The summed E-state index contributed by atoms with van der Waals surface area (Å²) in [5, 5.41) is 0. The topological polar surface area (TPSA) is 55.6 Å². The minimum Gasteiger partial charge on any atom is -0.497 e. The largest absolute Gasteiger partial charge is 0.497 e. The SMILES string of the molecule is COc1ccc(N)c(C(=O)N2CCC3(CCCC3)CC2)c1. The number of anilines is 1. The van der Waals surface area contributed by atoms with Crippen LogP contribution in [0.2, 0.25) is 0 Å². The first-order chi connectivity index (χ1) is 10.1. The van der Waals surface area contributed by atoms with Crippen molar-refractivity contribution >= 4 is 11.6 Å². The Hall–Kier alpha value is -1.71. The number of nitrogen functional groups attached to an aromatic ring is 1. The lowest BCUT2D eigenvalue weighted by molar-refractivity contribution is 0.0588. The summed E-state index contributed by atoms with van der Waals surface area (Å²) in [5.74, 6) is 0.719. The molecule has 114 valence electrons. The Morgan fingerprint density at radius 2 is 1.86 bits per heavy atom. The summed E-state index contributed by atoms with van der Waals surface area (Å²) >= 11 is 0. The third kappa shape index (κ3) is 2.71. The van der Waals surface area contributed by atoms with Gasteiger partial charge in [0.25, 0.3) is 5.91 Å². The highest BCUT2D eigenvalue weighted by molar-refractivity contribution is 5.99. The number of nitrogens with zero attached hydrogens (tertiary/aromatic N) is 1. The fourth-order valence-electron chi connectivity index (χ4n) is 3.83. The normalized spacial score (nSPS) is 20.7. The van der Waals surface area contributed by atoms with Crippen LogP contribution in [0.1, 0.15) is 48.9 Å². The standard InChI is InChI=1S/C17H24N2O2/c1-21-13-4-5-15(18)14(12-13)16(20)19-10-8-17(9-11-19)6-2-3-7-17/h4-5,12H,2-3,6-11,18H2,1H3. The summed E-state index contributed by atoms with van der Waals surface area (Å²) in [6, 6.07) is 5.28. The molecule has 1 heterocycles. The molecule has 2 aliphatic rings. The van der Waals surface area contributed by atoms with Crippen molar-refractivity contribution in [1.82, 2.24) is 4.90 Å². The molecule has 1 aliphatic heterocycles. The molecule has 4 heteroatoms. The van der Waals surface area contributed by atoms with Crippen molar-refractivity contribution in [3.8, 4) is 5.75 Å². The second kappa shape index (κ2) is 5.58. The number of ether oxygens (including phenoxy) is 1. The first-order valence-corrected chi connectivity index (χ1v) is 7.86. The average Bonchev–Trinajstić information content (AvgIpc) is 2.96. The molecule has 1 aromatic rings. The summed E-state index contributed by atoms with van der Waals surface area (Å²) in [4.78, 5) is 14.6. The van der Waals surface area contributed by atoms with Gasteiger partial charge in [-0.05, 0) is 49.3 Å². The van der Waals surface area contributed by atoms with Crippen molar-refractivity contribution < 1.29 is 9.53 Å². The van der Waals surface area contributed by atoms with Crippen molar-refractivity contribution in [1.29, 1.82) is 0 Å². The third-order valence-corrected chi connectivity index (χ3v) is 5.27. The van der Waals surface area contributed by atoms with Gasteiger partial charge < -0.3 is 15.4 Å². The molecule has 1 saturated carbocycles. The number of amides is 1. The van der Waals surface area contributed by atoms with E-state index in [0.29, 0.717) is 22.4 Å². The number of methoxy groups -OCH3 is 1. The molecule has 0 bridgehead atoms. The van der Waals surface area contributed by atoms with Crippen LogP contribution >= 0.6 is 0 Å². The highest BCUT2D eigenvalue weighted by Gasteiger charge is 2.38. The van der Waals surface area contributed by atoms with Gasteiger partial charge in [0, 0.05) is 18.8 Å². The molecule has 0 atom stereocenters. The molecule has 0 unspecified atom stereocenters. The van der Waals surface area contributed by atoms with Gasteiger partial charge in [-0.25, -0.2) is 0 Å². The average molecular weight is 288 g/mol. The number of piperidine rings is 1. The van der Waals surface area contributed by atoms with Crippen LogP contribution in [-0.4, -0.2) is 31.0 Å². The van der Waals surface area contributed by atoms with Gasteiger partial charge in [-0.1, -0.05) is 12.8 Å². The molecule has 21 heavy (non-hydrogen) atoms. The number of likely N-dealkylation sites (tertiary alicyclic amines) is 1. The minimum atomic E-state index is 0.0410. The van der Waals surface area contributed by atoms with E-state index in [1.165, 1.54) is 25.7 Å². The molecule has 0 radical (unpaired) electrons. The third-order valence-electron chi connectivity index (χ3n) is 5.27. The number of carbonyl (C=O) groups excluding carboxylic acids is 1. The Kier molecular flexibility index (Phi) is 3.79. The quantitative estimate of drug-likeness (QED) is 0.851. The van der Waals surface area contributed by atoms with Crippen molar-refractivity contribution in [2.24, 2.45) is 5.41 Å². The minimum absolute atomic E-state index is 0.0410. The maximum atomic E-state index is 12.7. The second-order valence-electron chi connectivity index (χ2n) is 6.45. The number of rotatable bonds is 2. The van der Waals surface area contributed by atoms with Gasteiger partial charge in [0.2, 0.25) is 0 Å². The van der Waals surface area contributed by atoms with E-state index < -0.39 is 0 Å². The van der Waals surface area contributed by atoms with Crippen molar-refractivity contribution in [3.63, 3.8) is 0 Å². The van der Waals surface area contributed by atoms with Gasteiger partial charge in [0.15, 0.2) is 0 Å². The van der Waals surface area contributed by atoms with Gasteiger partial charge in [-0.15, -0.1) is 0 Å². The van der Waals surface area contributed by atoms with E-state index in [-0.39, 0.29) is 5.91 Å². The molecule has 1 aliphatic carbocycles. The van der Waals surface area contributed by atoms with E-state index >= 15 is 0 Å². The molecule has 3 rings (SSSR count). The predicted octanol–water partition coefficient (Wildman–Crippen LogP) is 3.07. The molecule has 2 N–H and O–H groups in total. The number of hydrogen-bond donors (Lipinski definition) is 1. The molecular weight excluding hydrogens is 264 g/mol. The van der Waals surface area contributed by atoms with Crippen LogP contribution in [-0.2, 0) is 0 Å². The van der Waals surface area contributed by atoms with Crippen LogP contribution in [0.3, 0.4) is 0 Å². The highest BCUT2D eigenvalue weighted by atomic mass is 16.5. The molecule has 1 spiro atoms. The van der Waals surface area contributed by atoms with E-state index in [4.69, 9.17) is 10.5 Å². The van der Waals surface area contributed by atoms with Crippen molar-refractivity contribution in [2.45, 2.75) is 38.5 Å². The van der Waals surface area contributed by atoms with Crippen LogP contribution in [0.15, 0.2) is 18.2 Å². The zero-order valence-electron chi connectivity index (χ0n) is 12.7. The van der Waals surface area contributed by atoms with Gasteiger partial charge in [-0.2, -0.15) is 0 Å². The molecule has 0 aromatic heterocycles. The van der Waals surface area contributed by atoms with E-state index in [9.17, 15) is 4.79 Å². The molecule has 1 aromatic carbocycles. The second-order valence-corrected chi connectivity index (χ2v) is 6.45. The lowest BCUT2D eigenvalue weighted by Crippen LogP contribution is -2.42. The summed E-state index contributed by atoms with van der Waals surface area (Å²) in [5.41, 5.74) is 7.58. The monoisotopic (exact) mass is 288 g/mol. The van der Waals surface area contributed by atoms with E-state index in [0.717, 1.165) is 25.9 Å². The Labute approximate surface area is 126 Å². The summed E-state index contributed by atoms with van der Waals surface area (Å²) in [6.45, 7) is 1.71. The number of benzene rings is 1. The summed E-state index contributed by atoms with van der Waals surface area (Å²) in [6.07, 6.45) is 7.69. The lowest BCUT2D eigenvalue weighted by Gasteiger charge is -2.39. The molecule has 2 fully saturated rings. The van der Waals surface area contributed by atoms with Gasteiger partial charge in [-0.3, -0.25) is 4.79 Å². The zero-order chi connectivity index (χ0) is 14.9. The molecular formula is C17H24N2O2. The number of carbonyl (C=O) groups is 1. The first kappa shape index (κ1) is 14.2. The van der Waals surface area contributed by atoms with E-state index in [1.54, 1.807) is 25.3 Å². The van der Waals surface area contributed by atoms with Crippen LogP contribution in [0, 0.1) is 5.41 Å². The van der Waals surface area contributed by atoms with Crippen molar-refractivity contribution in [2.75, 3.05) is 25.9 Å². The van der Waals surface area contributed by atoms with Crippen LogP contribution in [0.5, 0.6) is 5.75 Å². The Bertz CT molecular complexity index is 526. The van der Waals surface area contributed by atoms with Gasteiger partial charge in [0.05, 0.1) is 12.7 Å². The van der Waals surface area contributed by atoms with Crippen LogP contribution in [0.25, 0.3) is 0 Å². The number of hydrogen-bond acceptors (Lipinski definition) is 3. The smallest absolute Gasteiger partial charge is 0.256 e. The summed E-state index contributed by atoms with van der Waals surface area (Å²) < 4.78 is 5.20. The van der Waals surface area contributed by atoms with Gasteiger partial charge >= 0.3 is 0 Å². The molecule has 1 saturated heterocycles. The maximum Gasteiger partial charge on any atom is 0.256 e. The maximum absolute atomic E-state index is 12.7. The van der Waals surface area contributed by atoms with Crippen molar-refractivity contribution in [3.05, 3.63) is 23.8 Å². The van der Waals surface area contributed by atoms with E-state index in [2.05, 4.69) is 0 Å². The van der Waals surface area contributed by atoms with Crippen LogP contribution < -0.4 is 10.5 Å². The predicted molar refractivity (Wildman–Crippen MR) is 83.4 cm³/mol. The Morgan fingerprint density at radius 1 is 1.19 bits per heavy atom. The zero-order valence-corrected chi connectivity index (χ0v) is 12.7. The highest BCUT2D eigenvalue weighted by Crippen LogP contribution is 2.46. The van der Waals surface area contributed by atoms with Gasteiger partial charge in [0.1, 0.15) is 5.75 Å². The van der Waals surface area contributed by atoms with Crippen LogP contribution in [0.4, 0.5) is 5.69 Å².